The third-order valence-corrected chi connectivity index (χ3v) is 5.03. The Morgan fingerprint density at radius 2 is 1.45 bits per heavy atom. The van der Waals surface area contributed by atoms with Crippen LogP contribution >= 0.6 is 0 Å². The van der Waals surface area contributed by atoms with E-state index < -0.39 is 11.9 Å². The van der Waals surface area contributed by atoms with Crippen LogP contribution in [0.15, 0.2) is 84.9 Å². The van der Waals surface area contributed by atoms with Gasteiger partial charge in [-0.3, -0.25) is 0 Å². The van der Waals surface area contributed by atoms with Crippen molar-refractivity contribution in [1.82, 2.24) is 0 Å². The number of carboxylic acids is 1. The minimum Gasteiger partial charge on any atom is -0.478 e. The van der Waals surface area contributed by atoms with Gasteiger partial charge in [0.2, 0.25) is 0 Å². The molecule has 0 heterocycles. The molecule has 0 atom stereocenters. The lowest BCUT2D eigenvalue weighted by atomic mass is 9.88. The number of carbonyl (C=O) groups excluding carboxylic acids is 1. The number of allylic oxidation sites excluding steroid dienone is 1. The Bertz CT molecular complexity index is 1140. The molecule has 0 bridgehead atoms. The summed E-state index contributed by atoms with van der Waals surface area (Å²) in [5.41, 5.74) is 6.16. The number of benzene rings is 3. The van der Waals surface area contributed by atoms with Crippen LogP contribution in [0.2, 0.25) is 0 Å². The Morgan fingerprint density at radius 1 is 0.848 bits per heavy atom. The number of carbonyl (C=O) groups is 2. The number of methoxy groups -OCH3 is 1. The van der Waals surface area contributed by atoms with Crippen LogP contribution in [0.3, 0.4) is 0 Å². The minimum atomic E-state index is -0.983. The SMILES string of the molecule is CC/C(=C(/c1ccc(/C=C/C(=O)O)cc1)c1ccc(OC(=O)COC)cc1)c1ccccc1. The third-order valence-electron chi connectivity index (χ3n) is 5.03. The van der Waals surface area contributed by atoms with Crippen molar-refractivity contribution in [2.24, 2.45) is 0 Å². The number of rotatable bonds is 9. The molecule has 3 aromatic carbocycles. The van der Waals surface area contributed by atoms with E-state index in [1.165, 1.54) is 12.7 Å². The molecule has 0 aliphatic rings. The van der Waals surface area contributed by atoms with Gasteiger partial charge in [-0.25, -0.2) is 9.59 Å². The summed E-state index contributed by atoms with van der Waals surface area (Å²) in [6, 6.07) is 25.4. The highest BCUT2D eigenvalue weighted by molar-refractivity contribution is 5.98. The molecular formula is C28H26O5. The van der Waals surface area contributed by atoms with Crippen molar-refractivity contribution in [2.45, 2.75) is 13.3 Å². The zero-order chi connectivity index (χ0) is 23.6. The largest absolute Gasteiger partial charge is 0.478 e. The molecule has 5 nitrogen and oxygen atoms in total. The van der Waals surface area contributed by atoms with Gasteiger partial charge in [-0.05, 0) is 58.0 Å². The molecule has 0 aliphatic carbocycles. The molecule has 0 spiro atoms. The van der Waals surface area contributed by atoms with Crippen LogP contribution < -0.4 is 4.74 Å². The van der Waals surface area contributed by atoms with E-state index in [2.05, 4.69) is 19.1 Å². The number of ether oxygens (including phenoxy) is 2. The highest BCUT2D eigenvalue weighted by atomic mass is 16.6. The van der Waals surface area contributed by atoms with Crippen LogP contribution in [0.4, 0.5) is 0 Å². The molecule has 3 aromatic rings. The van der Waals surface area contributed by atoms with Crippen LogP contribution in [0.1, 0.15) is 35.6 Å². The second-order valence-corrected chi connectivity index (χ2v) is 7.30. The first-order chi connectivity index (χ1) is 16.0. The number of carboxylic acid groups (broad SMARTS) is 1. The third kappa shape index (κ3) is 6.51. The smallest absolute Gasteiger partial charge is 0.337 e. The maximum Gasteiger partial charge on any atom is 0.337 e. The molecule has 5 heteroatoms. The molecule has 0 saturated heterocycles. The Labute approximate surface area is 193 Å². The number of hydrogen-bond acceptors (Lipinski definition) is 4. The molecule has 0 fully saturated rings. The van der Waals surface area contributed by atoms with Crippen molar-refractivity contribution in [3.8, 4) is 5.75 Å². The highest BCUT2D eigenvalue weighted by Gasteiger charge is 2.14. The predicted octanol–water partition coefficient (Wildman–Crippen LogP) is 5.71. The van der Waals surface area contributed by atoms with E-state index in [-0.39, 0.29) is 6.61 Å². The molecule has 0 radical (unpaired) electrons. The second kappa shape index (κ2) is 11.6. The molecule has 33 heavy (non-hydrogen) atoms. The van der Waals surface area contributed by atoms with E-state index in [9.17, 15) is 9.59 Å². The van der Waals surface area contributed by atoms with Crippen LogP contribution in [0, 0.1) is 0 Å². The topological polar surface area (TPSA) is 72.8 Å². The lowest BCUT2D eigenvalue weighted by Gasteiger charge is -2.17. The zero-order valence-electron chi connectivity index (χ0n) is 18.7. The van der Waals surface area contributed by atoms with Gasteiger partial charge in [0.15, 0.2) is 0 Å². The molecule has 0 aromatic heterocycles. The average Bonchev–Trinajstić information content (AvgIpc) is 2.83. The molecular weight excluding hydrogens is 416 g/mol. The van der Waals surface area contributed by atoms with Gasteiger partial charge in [-0.15, -0.1) is 0 Å². The van der Waals surface area contributed by atoms with Crippen molar-refractivity contribution in [3.63, 3.8) is 0 Å². The molecule has 0 unspecified atom stereocenters. The summed E-state index contributed by atoms with van der Waals surface area (Å²) in [4.78, 5) is 22.5. The zero-order valence-corrected chi connectivity index (χ0v) is 18.7. The van der Waals surface area contributed by atoms with E-state index >= 15 is 0 Å². The van der Waals surface area contributed by atoms with Gasteiger partial charge in [0.25, 0.3) is 0 Å². The number of esters is 1. The van der Waals surface area contributed by atoms with E-state index in [4.69, 9.17) is 14.6 Å². The van der Waals surface area contributed by atoms with Gasteiger partial charge in [-0.1, -0.05) is 73.7 Å². The first-order valence-electron chi connectivity index (χ1n) is 10.6. The normalized spacial score (nSPS) is 11.8. The summed E-state index contributed by atoms with van der Waals surface area (Å²) < 4.78 is 10.1. The van der Waals surface area contributed by atoms with Crippen LogP contribution in [-0.2, 0) is 14.3 Å². The number of hydrogen-bond donors (Lipinski definition) is 1. The van der Waals surface area contributed by atoms with E-state index in [1.54, 1.807) is 18.2 Å². The summed E-state index contributed by atoms with van der Waals surface area (Å²) >= 11 is 0. The number of aliphatic carboxylic acids is 1. The van der Waals surface area contributed by atoms with Crippen molar-refractivity contribution in [2.75, 3.05) is 13.7 Å². The van der Waals surface area contributed by atoms with Gasteiger partial charge in [-0.2, -0.15) is 0 Å². The van der Waals surface area contributed by atoms with Crippen LogP contribution in [-0.4, -0.2) is 30.8 Å². The lowest BCUT2D eigenvalue weighted by Crippen LogP contribution is -2.14. The van der Waals surface area contributed by atoms with Crippen LogP contribution in [0.5, 0.6) is 5.75 Å². The fraction of sp³-hybridized carbons (Fsp3) is 0.143. The minimum absolute atomic E-state index is 0.108. The molecule has 3 rings (SSSR count). The fourth-order valence-corrected chi connectivity index (χ4v) is 3.58. The predicted molar refractivity (Wildman–Crippen MR) is 130 cm³/mol. The Kier molecular flexibility index (Phi) is 8.33. The van der Waals surface area contributed by atoms with Gasteiger partial charge < -0.3 is 14.6 Å². The molecule has 168 valence electrons. The van der Waals surface area contributed by atoms with Gasteiger partial charge >= 0.3 is 11.9 Å². The molecule has 0 amide bonds. The van der Waals surface area contributed by atoms with E-state index in [1.807, 2.05) is 54.6 Å². The Hall–Kier alpha value is -3.96. The first kappa shape index (κ1) is 23.7. The van der Waals surface area contributed by atoms with Crippen molar-refractivity contribution >= 4 is 29.2 Å². The van der Waals surface area contributed by atoms with Crippen molar-refractivity contribution < 1.29 is 24.2 Å². The second-order valence-electron chi connectivity index (χ2n) is 7.30. The Morgan fingerprint density at radius 3 is 2.00 bits per heavy atom. The average molecular weight is 443 g/mol. The van der Waals surface area contributed by atoms with Gasteiger partial charge in [0.05, 0.1) is 0 Å². The van der Waals surface area contributed by atoms with E-state index in [0.717, 1.165) is 40.3 Å². The summed E-state index contributed by atoms with van der Waals surface area (Å²) in [5, 5.41) is 8.87. The maximum atomic E-state index is 11.7. The monoisotopic (exact) mass is 442 g/mol. The Balaban J connectivity index is 2.06. The molecule has 0 saturated carbocycles. The fourth-order valence-electron chi connectivity index (χ4n) is 3.58. The molecule has 0 aliphatic heterocycles. The van der Waals surface area contributed by atoms with Gasteiger partial charge in [0.1, 0.15) is 12.4 Å². The summed E-state index contributed by atoms with van der Waals surface area (Å²) in [5.74, 6) is -0.986. The first-order valence-corrected chi connectivity index (χ1v) is 10.6. The summed E-state index contributed by atoms with van der Waals surface area (Å²) in [6.45, 7) is 2.01. The quantitative estimate of drug-likeness (QED) is 0.199. The van der Waals surface area contributed by atoms with E-state index in [0.29, 0.717) is 5.75 Å². The standard InChI is InChI=1S/C28H26O5/c1-3-25(21-7-5-4-6-8-21)28(22-12-9-20(10-13-22)11-18-26(29)30)23-14-16-24(17-15-23)33-27(31)19-32-2/h4-18H,3,19H2,1-2H3,(H,29,30)/b18-11+,28-25+. The van der Waals surface area contributed by atoms with Crippen molar-refractivity contribution in [1.29, 1.82) is 0 Å². The lowest BCUT2D eigenvalue weighted by molar-refractivity contribution is -0.138. The maximum absolute atomic E-state index is 11.7. The summed E-state index contributed by atoms with van der Waals surface area (Å²) in [6.07, 6.45) is 3.50. The van der Waals surface area contributed by atoms with Crippen LogP contribution in [0.25, 0.3) is 17.2 Å². The van der Waals surface area contributed by atoms with Crippen molar-refractivity contribution in [3.05, 3.63) is 107 Å². The highest BCUT2D eigenvalue weighted by Crippen LogP contribution is 2.35. The summed E-state index contributed by atoms with van der Waals surface area (Å²) in [7, 11) is 1.44. The molecule has 1 N–H and O–H groups in total. The van der Waals surface area contributed by atoms with Gasteiger partial charge in [0, 0.05) is 13.2 Å².